The summed E-state index contributed by atoms with van der Waals surface area (Å²) < 4.78 is 9.29. The van der Waals surface area contributed by atoms with E-state index in [9.17, 15) is 0 Å². The third kappa shape index (κ3) is 3.86. The molecular formula is C50H33N3O. The molecule has 1 aromatic heterocycles. The number of rotatable bonds is 3. The number of anilines is 3. The van der Waals surface area contributed by atoms with Crippen LogP contribution in [0.15, 0.2) is 188 Å². The van der Waals surface area contributed by atoms with Gasteiger partial charge in [0.05, 0.1) is 33.5 Å². The Hall–Kier alpha value is -7.04. The molecule has 0 fully saturated rings. The number of ether oxygens (including phenoxy) is 1. The van der Waals surface area contributed by atoms with Gasteiger partial charge in [0, 0.05) is 27.6 Å². The minimum Gasteiger partial charge on any atom is -0.457 e. The van der Waals surface area contributed by atoms with Gasteiger partial charge in [0.2, 0.25) is 0 Å². The molecule has 2 unspecified atom stereocenters. The highest BCUT2D eigenvalue weighted by Gasteiger charge is 2.50. The monoisotopic (exact) mass is 691 g/mol. The first-order valence-electron chi connectivity index (χ1n) is 18.6. The molecule has 4 heterocycles. The van der Waals surface area contributed by atoms with Crippen molar-refractivity contribution in [2.45, 2.75) is 11.6 Å². The molecule has 254 valence electrons. The molecule has 12 rings (SSSR count). The van der Waals surface area contributed by atoms with Gasteiger partial charge in [-0.2, -0.15) is 0 Å². The molecule has 3 aliphatic rings. The molecule has 4 heteroatoms. The first-order chi connectivity index (χ1) is 26.8. The summed E-state index contributed by atoms with van der Waals surface area (Å²) in [5, 5.41) is 6.32. The first kappa shape index (κ1) is 29.5. The predicted molar refractivity (Wildman–Crippen MR) is 220 cm³/mol. The van der Waals surface area contributed by atoms with Crippen LogP contribution in [0.4, 0.5) is 17.1 Å². The summed E-state index contributed by atoms with van der Waals surface area (Å²) in [5.41, 5.74) is 14.9. The van der Waals surface area contributed by atoms with Gasteiger partial charge < -0.3 is 19.5 Å². The predicted octanol–water partition coefficient (Wildman–Crippen LogP) is 12.5. The van der Waals surface area contributed by atoms with E-state index in [-0.39, 0.29) is 6.17 Å². The average Bonchev–Trinajstić information content (AvgIpc) is 3.80. The van der Waals surface area contributed by atoms with Crippen LogP contribution >= 0.6 is 0 Å². The minimum absolute atomic E-state index is 0.0264. The summed E-state index contributed by atoms with van der Waals surface area (Å²) in [7, 11) is 0. The lowest BCUT2D eigenvalue weighted by atomic mass is 9.61. The molecule has 4 nitrogen and oxygen atoms in total. The maximum Gasteiger partial charge on any atom is 0.132 e. The molecule has 54 heavy (non-hydrogen) atoms. The summed E-state index contributed by atoms with van der Waals surface area (Å²) >= 11 is 0. The first-order valence-corrected chi connectivity index (χ1v) is 18.6. The summed E-state index contributed by atoms with van der Waals surface area (Å²) in [6.07, 6.45) is -0.0264. The number of para-hydroxylation sites is 7. The molecule has 1 spiro atoms. The molecule has 0 saturated heterocycles. The summed E-state index contributed by atoms with van der Waals surface area (Å²) in [4.78, 5) is 2.39. The lowest BCUT2D eigenvalue weighted by Crippen LogP contribution is -2.37. The average molecular weight is 692 g/mol. The quantitative estimate of drug-likeness (QED) is 0.200. The molecule has 3 aliphatic heterocycles. The second kappa shape index (κ2) is 11.0. The van der Waals surface area contributed by atoms with Crippen LogP contribution in [0.1, 0.15) is 34.0 Å². The largest absolute Gasteiger partial charge is 0.457 e. The van der Waals surface area contributed by atoms with Crippen molar-refractivity contribution in [1.29, 1.82) is 0 Å². The van der Waals surface area contributed by atoms with Crippen molar-refractivity contribution in [2.24, 2.45) is 0 Å². The number of hydrogen-bond acceptors (Lipinski definition) is 3. The van der Waals surface area contributed by atoms with Crippen molar-refractivity contribution in [1.82, 2.24) is 4.57 Å². The summed E-state index contributed by atoms with van der Waals surface area (Å²) in [6, 6.07) is 68.3. The van der Waals surface area contributed by atoms with E-state index in [4.69, 9.17) is 4.74 Å². The Balaban J connectivity index is 1.05. The minimum atomic E-state index is -0.601. The van der Waals surface area contributed by atoms with Crippen LogP contribution in [0.5, 0.6) is 11.5 Å². The Morgan fingerprint density at radius 3 is 2.04 bits per heavy atom. The van der Waals surface area contributed by atoms with Crippen molar-refractivity contribution in [3.63, 3.8) is 0 Å². The zero-order valence-corrected chi connectivity index (χ0v) is 29.3. The van der Waals surface area contributed by atoms with Crippen LogP contribution in [0.25, 0.3) is 38.6 Å². The molecule has 8 aromatic carbocycles. The molecule has 0 bridgehead atoms. The number of aromatic nitrogens is 1. The van der Waals surface area contributed by atoms with E-state index in [1.54, 1.807) is 0 Å². The molecule has 0 radical (unpaired) electrons. The van der Waals surface area contributed by atoms with Gasteiger partial charge in [-0.1, -0.05) is 133 Å². The highest BCUT2D eigenvalue weighted by atomic mass is 16.5. The topological polar surface area (TPSA) is 29.4 Å². The second-order valence-corrected chi connectivity index (χ2v) is 14.5. The van der Waals surface area contributed by atoms with E-state index in [0.29, 0.717) is 0 Å². The van der Waals surface area contributed by atoms with Crippen molar-refractivity contribution >= 4 is 38.9 Å². The summed E-state index contributed by atoms with van der Waals surface area (Å²) in [6.45, 7) is 0. The molecule has 1 N–H and O–H groups in total. The molecular weight excluding hydrogens is 659 g/mol. The van der Waals surface area contributed by atoms with Crippen molar-refractivity contribution in [3.05, 3.63) is 216 Å². The van der Waals surface area contributed by atoms with E-state index >= 15 is 0 Å². The van der Waals surface area contributed by atoms with Gasteiger partial charge in [-0.3, -0.25) is 0 Å². The van der Waals surface area contributed by atoms with Gasteiger partial charge in [-0.05, 0) is 82.4 Å². The van der Waals surface area contributed by atoms with E-state index in [1.165, 1.54) is 49.9 Å². The fourth-order valence-electron chi connectivity index (χ4n) is 9.63. The van der Waals surface area contributed by atoms with Crippen LogP contribution in [-0.4, -0.2) is 4.57 Å². The Morgan fingerprint density at radius 1 is 0.481 bits per heavy atom. The molecule has 9 aromatic rings. The van der Waals surface area contributed by atoms with Crippen molar-refractivity contribution in [3.8, 4) is 28.3 Å². The third-order valence-corrected chi connectivity index (χ3v) is 11.9. The molecule has 2 atom stereocenters. The molecule has 0 aliphatic carbocycles. The van der Waals surface area contributed by atoms with E-state index in [0.717, 1.165) is 45.1 Å². The molecule has 0 saturated carbocycles. The van der Waals surface area contributed by atoms with Crippen molar-refractivity contribution < 1.29 is 4.74 Å². The standard InChI is InChI=1S/C50H33N3O/c1-2-13-35(14-3-1)52-45-23-10-7-20-42(45)51-49(52)33-27-25-32(26-28-33)34-29-30-47-41(31-34)50(39-18-6-11-24-46(39)54-47)38-17-5-9-22-44(38)53-43-21-8-4-15-36(43)37-16-12-19-40(50)48(37)53/h1-31,49,51H. The van der Waals surface area contributed by atoms with Gasteiger partial charge >= 0.3 is 0 Å². The Morgan fingerprint density at radius 2 is 1.15 bits per heavy atom. The number of fused-ring (bicyclic) bond motifs is 12. The molecule has 0 amide bonds. The highest BCUT2D eigenvalue weighted by molar-refractivity contribution is 6.12. The van der Waals surface area contributed by atoms with Crippen LogP contribution in [-0.2, 0) is 5.41 Å². The number of hydrogen-bond donors (Lipinski definition) is 1. The van der Waals surface area contributed by atoms with Gasteiger partial charge in [0.25, 0.3) is 0 Å². The lowest BCUT2D eigenvalue weighted by Gasteiger charge is -2.45. The van der Waals surface area contributed by atoms with E-state index in [2.05, 4.69) is 203 Å². The zero-order valence-electron chi connectivity index (χ0n) is 29.3. The van der Waals surface area contributed by atoms with Gasteiger partial charge in [-0.15, -0.1) is 0 Å². The Kier molecular flexibility index (Phi) is 6.01. The van der Waals surface area contributed by atoms with Gasteiger partial charge in [-0.25, -0.2) is 0 Å². The zero-order chi connectivity index (χ0) is 35.4. The Labute approximate surface area is 313 Å². The fraction of sp³-hybridized carbons (Fsp3) is 0.0400. The smallest absolute Gasteiger partial charge is 0.132 e. The number of benzene rings is 8. The number of nitrogens with zero attached hydrogens (tertiary/aromatic N) is 2. The van der Waals surface area contributed by atoms with Crippen LogP contribution < -0.4 is 15.0 Å². The van der Waals surface area contributed by atoms with Crippen LogP contribution in [0.2, 0.25) is 0 Å². The Bertz CT molecular complexity index is 2960. The normalized spacial score (nSPS) is 17.4. The SMILES string of the molecule is c1ccc(N2c3ccccc3NC2c2ccc(-c3ccc4c(c3)C3(c5ccccc5O4)c4ccccc4-n4c5ccccc5c5cccc3c54)cc2)cc1. The maximum atomic E-state index is 6.80. The summed E-state index contributed by atoms with van der Waals surface area (Å²) in [5.74, 6) is 1.78. The van der Waals surface area contributed by atoms with Crippen molar-refractivity contribution in [2.75, 3.05) is 10.2 Å². The van der Waals surface area contributed by atoms with Gasteiger partial charge in [0.15, 0.2) is 0 Å². The van der Waals surface area contributed by atoms with Crippen LogP contribution in [0.3, 0.4) is 0 Å². The van der Waals surface area contributed by atoms with E-state index in [1.807, 2.05) is 0 Å². The fourth-order valence-corrected chi connectivity index (χ4v) is 9.63. The third-order valence-electron chi connectivity index (χ3n) is 11.9. The number of nitrogens with one attached hydrogen (secondary N) is 1. The van der Waals surface area contributed by atoms with Gasteiger partial charge in [0.1, 0.15) is 17.7 Å². The van der Waals surface area contributed by atoms with Crippen LogP contribution in [0, 0.1) is 0 Å². The maximum absolute atomic E-state index is 6.80. The lowest BCUT2D eigenvalue weighted by molar-refractivity contribution is 0.434. The highest BCUT2D eigenvalue weighted by Crippen LogP contribution is 2.60. The van der Waals surface area contributed by atoms with E-state index < -0.39 is 5.41 Å². The second-order valence-electron chi connectivity index (χ2n) is 14.5.